The summed E-state index contributed by atoms with van der Waals surface area (Å²) in [5.41, 5.74) is 6.95. The molecular formula is C31H35F2N7O. The van der Waals surface area contributed by atoms with E-state index >= 15 is 8.78 Å². The lowest BCUT2D eigenvalue weighted by Gasteiger charge is -2.34. The molecule has 3 aliphatic rings. The zero-order chi connectivity index (χ0) is 28.2. The molecule has 0 spiro atoms. The number of nitrogen functional groups attached to an aromatic ring is 1. The molecule has 41 heavy (non-hydrogen) atoms. The first-order valence-electron chi connectivity index (χ1n) is 14.6. The Labute approximate surface area is 237 Å². The Bertz CT molecular complexity index is 1620. The number of anilines is 2. The van der Waals surface area contributed by atoms with E-state index in [0.29, 0.717) is 52.6 Å². The van der Waals surface area contributed by atoms with Crippen LogP contribution in [0.4, 0.5) is 20.3 Å². The van der Waals surface area contributed by atoms with Gasteiger partial charge in [-0.2, -0.15) is 9.97 Å². The summed E-state index contributed by atoms with van der Waals surface area (Å²) in [5, 5.41) is 5.00. The minimum atomic E-state index is -0.645. The zero-order valence-corrected chi connectivity index (χ0v) is 23.4. The van der Waals surface area contributed by atoms with Crippen LogP contribution >= 0.6 is 0 Å². The van der Waals surface area contributed by atoms with Crippen molar-refractivity contribution in [3.05, 3.63) is 48.2 Å². The Hall–Kier alpha value is -3.63. The number of nitrogens with two attached hydrogens (primary N) is 1. The van der Waals surface area contributed by atoms with E-state index in [1.165, 1.54) is 6.07 Å². The van der Waals surface area contributed by atoms with Crippen molar-refractivity contribution in [1.29, 1.82) is 0 Å². The van der Waals surface area contributed by atoms with Crippen molar-refractivity contribution in [3.8, 4) is 17.3 Å². The number of hydrogen-bond acceptors (Lipinski definition) is 8. The molecule has 3 saturated heterocycles. The van der Waals surface area contributed by atoms with E-state index in [1.807, 2.05) is 0 Å². The molecular weight excluding hydrogens is 524 g/mol. The van der Waals surface area contributed by atoms with Crippen molar-refractivity contribution in [1.82, 2.24) is 25.2 Å². The highest BCUT2D eigenvalue weighted by atomic mass is 19.1. The number of likely N-dealkylation sites (tertiary alicyclic amines) is 1. The summed E-state index contributed by atoms with van der Waals surface area (Å²) in [6, 6.07) is 9.50. The molecule has 5 heterocycles. The monoisotopic (exact) mass is 559 g/mol. The number of halogens is 2. The van der Waals surface area contributed by atoms with Gasteiger partial charge in [0.05, 0.1) is 5.39 Å². The van der Waals surface area contributed by atoms with Crippen LogP contribution in [0.5, 0.6) is 6.01 Å². The van der Waals surface area contributed by atoms with Gasteiger partial charge in [-0.1, -0.05) is 12.1 Å². The second kappa shape index (κ2) is 10.3. The van der Waals surface area contributed by atoms with E-state index in [2.05, 4.69) is 38.9 Å². The van der Waals surface area contributed by atoms with Crippen LogP contribution in [-0.2, 0) is 0 Å². The van der Waals surface area contributed by atoms with Gasteiger partial charge in [0.15, 0.2) is 5.82 Å². The number of nitrogens with zero attached hydrogens (tertiary/aromatic N) is 5. The molecule has 2 aromatic heterocycles. The number of hydrogen-bond donors (Lipinski definition) is 2. The molecule has 3 aliphatic heterocycles. The normalized spacial score (nSPS) is 22.9. The molecule has 0 aliphatic carbocycles. The SMILES string of the molecule is CC(C)N1CCC[C@H]1COc1nc(N2CC3CCC(C2)N3)c2cnc(-c3cc(N)cc4cccc(F)c34)c(F)c2n1. The molecule has 10 heteroatoms. The van der Waals surface area contributed by atoms with Crippen LogP contribution < -0.4 is 20.7 Å². The Kier molecular flexibility index (Phi) is 6.62. The lowest BCUT2D eigenvalue weighted by Crippen LogP contribution is -2.51. The van der Waals surface area contributed by atoms with Gasteiger partial charge < -0.3 is 20.7 Å². The first kappa shape index (κ1) is 26.3. The van der Waals surface area contributed by atoms with Gasteiger partial charge in [-0.05, 0) is 69.7 Å². The molecule has 3 N–H and O–H groups in total. The van der Waals surface area contributed by atoms with E-state index in [4.69, 9.17) is 15.5 Å². The molecule has 0 amide bonds. The molecule has 7 rings (SSSR count). The maximum atomic E-state index is 16.5. The van der Waals surface area contributed by atoms with E-state index in [9.17, 15) is 0 Å². The molecule has 8 nitrogen and oxygen atoms in total. The summed E-state index contributed by atoms with van der Waals surface area (Å²) in [6.45, 7) is 7.37. The third-order valence-electron chi connectivity index (χ3n) is 8.85. The Morgan fingerprint density at radius 2 is 1.90 bits per heavy atom. The van der Waals surface area contributed by atoms with Gasteiger partial charge >= 0.3 is 6.01 Å². The minimum absolute atomic E-state index is 0.00217. The summed E-state index contributed by atoms with van der Waals surface area (Å²) in [4.78, 5) is 18.6. The fourth-order valence-electron chi connectivity index (χ4n) is 6.96. The number of nitrogens with one attached hydrogen (secondary N) is 1. The maximum Gasteiger partial charge on any atom is 0.319 e. The van der Waals surface area contributed by atoms with Gasteiger partial charge in [-0.25, -0.2) is 8.78 Å². The zero-order valence-electron chi connectivity index (χ0n) is 23.4. The Morgan fingerprint density at radius 1 is 1.10 bits per heavy atom. The number of aromatic nitrogens is 3. The fourth-order valence-corrected chi connectivity index (χ4v) is 6.96. The average molecular weight is 560 g/mol. The largest absolute Gasteiger partial charge is 0.462 e. The van der Waals surface area contributed by atoms with Crippen LogP contribution in [0.1, 0.15) is 39.5 Å². The van der Waals surface area contributed by atoms with Gasteiger partial charge in [0, 0.05) is 60.1 Å². The van der Waals surface area contributed by atoms with Crippen LogP contribution in [0, 0.1) is 11.6 Å². The molecule has 2 aromatic carbocycles. The quantitative estimate of drug-likeness (QED) is 0.323. The van der Waals surface area contributed by atoms with Gasteiger partial charge in [0.25, 0.3) is 0 Å². The Morgan fingerprint density at radius 3 is 2.68 bits per heavy atom. The van der Waals surface area contributed by atoms with Crippen LogP contribution in [0.3, 0.4) is 0 Å². The molecule has 4 aromatic rings. The first-order valence-corrected chi connectivity index (χ1v) is 14.6. The predicted octanol–water partition coefficient (Wildman–Crippen LogP) is 4.90. The van der Waals surface area contributed by atoms with Crippen LogP contribution in [-0.4, -0.2) is 70.3 Å². The first-order chi connectivity index (χ1) is 19.9. The van der Waals surface area contributed by atoms with Crippen molar-refractivity contribution in [3.63, 3.8) is 0 Å². The second-order valence-electron chi connectivity index (χ2n) is 11.9. The number of ether oxygens (including phenoxy) is 1. The lowest BCUT2D eigenvalue weighted by molar-refractivity contribution is 0.138. The van der Waals surface area contributed by atoms with E-state index in [1.54, 1.807) is 30.5 Å². The smallest absolute Gasteiger partial charge is 0.319 e. The number of benzene rings is 2. The fraction of sp³-hybridized carbons (Fsp3) is 0.452. The van der Waals surface area contributed by atoms with Crippen molar-refractivity contribution < 1.29 is 13.5 Å². The standard InChI is InChI=1S/C31H35F2N7O/c1-17(2)40-10-4-6-22(40)16-41-31-37-29-24(30(38-31)39-14-20-8-9-21(15-39)36-20)13-35-28(27(29)33)23-12-19(34)11-18-5-3-7-25(32)26(18)23/h3,5,7,11-13,17,20-22,36H,4,6,8-10,14-16,34H2,1-2H3/t20?,21?,22-/m0/s1. The third kappa shape index (κ3) is 4.72. The molecule has 3 fully saturated rings. The lowest BCUT2D eigenvalue weighted by atomic mass is 9.99. The van der Waals surface area contributed by atoms with E-state index in [0.717, 1.165) is 45.3 Å². The summed E-state index contributed by atoms with van der Waals surface area (Å²) >= 11 is 0. The maximum absolute atomic E-state index is 16.5. The van der Waals surface area contributed by atoms with Gasteiger partial charge in [0.1, 0.15) is 29.5 Å². The molecule has 0 saturated carbocycles. The van der Waals surface area contributed by atoms with Crippen molar-refractivity contribution >= 4 is 33.2 Å². The van der Waals surface area contributed by atoms with Crippen LogP contribution in [0.2, 0.25) is 0 Å². The van der Waals surface area contributed by atoms with Crippen molar-refractivity contribution in [2.24, 2.45) is 0 Å². The molecule has 0 radical (unpaired) electrons. The van der Waals surface area contributed by atoms with Crippen molar-refractivity contribution in [2.75, 3.05) is 36.9 Å². The third-order valence-corrected chi connectivity index (χ3v) is 8.85. The molecule has 2 bridgehead atoms. The Balaban J connectivity index is 1.35. The van der Waals surface area contributed by atoms with Gasteiger partial charge in [-0.15, -0.1) is 0 Å². The minimum Gasteiger partial charge on any atom is -0.462 e. The molecule has 2 unspecified atom stereocenters. The summed E-state index contributed by atoms with van der Waals surface area (Å²) in [7, 11) is 0. The summed E-state index contributed by atoms with van der Waals surface area (Å²) in [5.74, 6) is -0.486. The number of piperazine rings is 1. The van der Waals surface area contributed by atoms with Crippen molar-refractivity contribution in [2.45, 2.75) is 63.7 Å². The van der Waals surface area contributed by atoms with Gasteiger partial charge in [-0.3, -0.25) is 9.88 Å². The highest BCUT2D eigenvalue weighted by Gasteiger charge is 2.34. The van der Waals surface area contributed by atoms with E-state index < -0.39 is 11.6 Å². The summed E-state index contributed by atoms with van der Waals surface area (Å²) in [6.07, 6.45) is 5.96. The highest BCUT2D eigenvalue weighted by molar-refractivity contribution is 6.01. The molecule has 3 atom stereocenters. The average Bonchev–Trinajstić information content (AvgIpc) is 3.57. The summed E-state index contributed by atoms with van der Waals surface area (Å²) < 4.78 is 37.8. The molecule has 214 valence electrons. The topological polar surface area (TPSA) is 92.4 Å². The second-order valence-corrected chi connectivity index (χ2v) is 11.9. The number of rotatable bonds is 6. The highest BCUT2D eigenvalue weighted by Crippen LogP contribution is 2.38. The van der Waals surface area contributed by atoms with Crippen LogP contribution in [0.25, 0.3) is 32.9 Å². The number of fused-ring (bicyclic) bond motifs is 4. The van der Waals surface area contributed by atoms with Crippen LogP contribution in [0.15, 0.2) is 36.5 Å². The number of pyridine rings is 1. The van der Waals surface area contributed by atoms with E-state index in [-0.39, 0.29) is 28.6 Å². The predicted molar refractivity (Wildman–Crippen MR) is 157 cm³/mol. The van der Waals surface area contributed by atoms with Gasteiger partial charge in [0.2, 0.25) is 0 Å².